The highest BCUT2D eigenvalue weighted by molar-refractivity contribution is 5.66. The van der Waals surface area contributed by atoms with E-state index in [1.165, 1.54) is 5.56 Å². The summed E-state index contributed by atoms with van der Waals surface area (Å²) in [4.78, 5) is 10.5. The molecule has 2 aliphatic heterocycles. The normalized spacial score (nSPS) is 27.1. The van der Waals surface area contributed by atoms with Crippen LogP contribution in [0.25, 0.3) is 0 Å². The zero-order chi connectivity index (χ0) is 18.2. The lowest BCUT2D eigenvalue weighted by Crippen LogP contribution is -2.31. The number of carbonyl (C=O) groups is 1. The van der Waals surface area contributed by atoms with Gasteiger partial charge in [0.25, 0.3) is 0 Å². The first-order chi connectivity index (χ1) is 12.7. The molecule has 26 heavy (non-hydrogen) atoms. The Kier molecular flexibility index (Phi) is 7.47. The molecule has 4 unspecified atom stereocenters. The number of rotatable bonds is 12. The van der Waals surface area contributed by atoms with E-state index < -0.39 is 5.97 Å². The molecule has 1 N–H and O–H groups in total. The monoisotopic (exact) mass is 362 g/mol. The van der Waals surface area contributed by atoms with Crippen molar-refractivity contribution >= 4 is 5.97 Å². The first-order valence-corrected chi connectivity index (χ1v) is 9.80. The molecular formula is C21H30O5. The van der Waals surface area contributed by atoms with Gasteiger partial charge in [0.05, 0.1) is 25.4 Å². The van der Waals surface area contributed by atoms with Gasteiger partial charge >= 0.3 is 5.97 Å². The van der Waals surface area contributed by atoms with Crippen LogP contribution in [-0.2, 0) is 25.6 Å². The molecule has 2 aliphatic rings. The van der Waals surface area contributed by atoms with Gasteiger partial charge < -0.3 is 19.3 Å². The Morgan fingerprint density at radius 3 is 2.58 bits per heavy atom. The second-order valence-electron chi connectivity index (χ2n) is 7.37. The van der Waals surface area contributed by atoms with Crippen molar-refractivity contribution in [3.05, 3.63) is 35.9 Å². The summed E-state index contributed by atoms with van der Waals surface area (Å²) >= 11 is 0. The van der Waals surface area contributed by atoms with Crippen LogP contribution in [0.4, 0.5) is 0 Å². The van der Waals surface area contributed by atoms with E-state index in [0.29, 0.717) is 43.7 Å². The molecule has 0 radical (unpaired) electrons. The largest absolute Gasteiger partial charge is 0.481 e. The molecule has 0 aromatic heterocycles. The van der Waals surface area contributed by atoms with Gasteiger partial charge in [0, 0.05) is 25.6 Å². The third kappa shape index (κ3) is 5.53. The smallest absolute Gasteiger partial charge is 0.303 e. The van der Waals surface area contributed by atoms with E-state index in [0.717, 1.165) is 38.9 Å². The van der Waals surface area contributed by atoms with Crippen molar-refractivity contribution < 1.29 is 24.1 Å². The number of unbranched alkanes of at least 4 members (excludes halogenated alkanes) is 1. The molecule has 0 spiro atoms. The molecule has 144 valence electrons. The molecule has 2 bridgehead atoms. The SMILES string of the molecule is O=C(O)CCCCOCC1C2CCC(O2)C1CCOCc1ccccc1. The Balaban J connectivity index is 1.34. The highest BCUT2D eigenvalue weighted by Gasteiger charge is 2.48. The minimum Gasteiger partial charge on any atom is -0.481 e. The molecule has 5 heteroatoms. The maximum Gasteiger partial charge on any atom is 0.303 e. The molecule has 4 atom stereocenters. The zero-order valence-corrected chi connectivity index (χ0v) is 15.3. The van der Waals surface area contributed by atoms with E-state index in [2.05, 4.69) is 12.1 Å². The number of fused-ring (bicyclic) bond motifs is 2. The van der Waals surface area contributed by atoms with Crippen molar-refractivity contribution in [2.75, 3.05) is 19.8 Å². The van der Waals surface area contributed by atoms with Crippen LogP contribution in [0, 0.1) is 11.8 Å². The highest BCUT2D eigenvalue weighted by atomic mass is 16.5. The summed E-state index contributed by atoms with van der Waals surface area (Å²) in [5.74, 6) is 0.235. The van der Waals surface area contributed by atoms with Gasteiger partial charge in [0.15, 0.2) is 0 Å². The Bertz CT molecular complexity index is 547. The van der Waals surface area contributed by atoms with Gasteiger partial charge in [-0.3, -0.25) is 4.79 Å². The van der Waals surface area contributed by atoms with Gasteiger partial charge in [-0.25, -0.2) is 0 Å². The van der Waals surface area contributed by atoms with Crippen LogP contribution in [0.1, 0.15) is 44.1 Å². The van der Waals surface area contributed by atoms with Crippen LogP contribution in [0.3, 0.4) is 0 Å². The first-order valence-electron chi connectivity index (χ1n) is 9.80. The van der Waals surface area contributed by atoms with Crippen LogP contribution in [0.15, 0.2) is 30.3 Å². The minimum absolute atomic E-state index is 0.224. The summed E-state index contributed by atoms with van der Waals surface area (Å²) in [7, 11) is 0. The quantitative estimate of drug-likeness (QED) is 0.575. The van der Waals surface area contributed by atoms with Crippen molar-refractivity contribution in [1.82, 2.24) is 0 Å². The molecule has 2 fully saturated rings. The lowest BCUT2D eigenvalue weighted by Gasteiger charge is -2.27. The predicted octanol–water partition coefficient (Wildman–Crippen LogP) is 3.66. The molecule has 2 heterocycles. The van der Waals surface area contributed by atoms with Gasteiger partial charge in [-0.05, 0) is 43.6 Å². The molecule has 5 nitrogen and oxygen atoms in total. The van der Waals surface area contributed by atoms with Crippen molar-refractivity contribution in [3.8, 4) is 0 Å². The van der Waals surface area contributed by atoms with E-state index in [-0.39, 0.29) is 6.42 Å². The zero-order valence-electron chi connectivity index (χ0n) is 15.3. The Labute approximate surface area is 155 Å². The lowest BCUT2D eigenvalue weighted by atomic mass is 9.78. The number of ether oxygens (including phenoxy) is 3. The van der Waals surface area contributed by atoms with Gasteiger partial charge in [-0.2, -0.15) is 0 Å². The summed E-state index contributed by atoms with van der Waals surface area (Å²) in [5, 5.41) is 8.66. The van der Waals surface area contributed by atoms with Crippen molar-refractivity contribution in [3.63, 3.8) is 0 Å². The first kappa shape index (κ1) is 19.3. The van der Waals surface area contributed by atoms with Gasteiger partial charge in [0.1, 0.15) is 0 Å². The summed E-state index contributed by atoms with van der Waals surface area (Å²) in [6.45, 7) is 2.77. The van der Waals surface area contributed by atoms with Crippen LogP contribution in [0.2, 0.25) is 0 Å². The van der Waals surface area contributed by atoms with Crippen LogP contribution in [-0.4, -0.2) is 43.1 Å². The van der Waals surface area contributed by atoms with E-state index in [4.69, 9.17) is 19.3 Å². The van der Waals surface area contributed by atoms with Gasteiger partial charge in [0.2, 0.25) is 0 Å². The number of carboxylic acids is 1. The third-order valence-corrected chi connectivity index (χ3v) is 5.54. The number of carboxylic acid groups (broad SMARTS) is 1. The summed E-state index contributed by atoms with van der Waals surface area (Å²) < 4.78 is 17.8. The van der Waals surface area contributed by atoms with Gasteiger partial charge in [-0.15, -0.1) is 0 Å². The predicted molar refractivity (Wildman–Crippen MR) is 97.9 cm³/mol. The second-order valence-corrected chi connectivity index (χ2v) is 7.37. The van der Waals surface area contributed by atoms with E-state index in [9.17, 15) is 4.79 Å². The lowest BCUT2D eigenvalue weighted by molar-refractivity contribution is -0.137. The van der Waals surface area contributed by atoms with Crippen LogP contribution in [0.5, 0.6) is 0 Å². The fourth-order valence-electron chi connectivity index (χ4n) is 4.18. The standard InChI is InChI=1S/C21H30O5/c22-21(23)8-4-5-12-24-15-18-17(19-9-10-20(18)26-19)11-13-25-14-16-6-2-1-3-7-16/h1-3,6-7,17-20H,4-5,8-15H2,(H,22,23). The Morgan fingerprint density at radius 2 is 1.81 bits per heavy atom. The molecule has 1 aromatic carbocycles. The molecule has 1 aromatic rings. The summed E-state index contributed by atoms with van der Waals surface area (Å²) in [6.07, 6.45) is 5.71. The van der Waals surface area contributed by atoms with Gasteiger partial charge in [-0.1, -0.05) is 30.3 Å². The van der Waals surface area contributed by atoms with Crippen molar-refractivity contribution in [1.29, 1.82) is 0 Å². The average molecular weight is 362 g/mol. The van der Waals surface area contributed by atoms with E-state index in [1.807, 2.05) is 18.2 Å². The second kappa shape index (κ2) is 10.0. The fourth-order valence-corrected chi connectivity index (χ4v) is 4.18. The molecule has 0 saturated carbocycles. The minimum atomic E-state index is -0.734. The maximum absolute atomic E-state index is 10.5. The van der Waals surface area contributed by atoms with E-state index in [1.54, 1.807) is 0 Å². The Morgan fingerprint density at radius 1 is 1.04 bits per heavy atom. The number of hydrogen-bond acceptors (Lipinski definition) is 4. The summed E-state index contributed by atoms with van der Waals surface area (Å²) in [6, 6.07) is 10.3. The maximum atomic E-state index is 10.5. The highest BCUT2D eigenvalue weighted by Crippen LogP contribution is 2.45. The molecule has 0 aliphatic carbocycles. The number of hydrogen-bond donors (Lipinski definition) is 1. The fraction of sp³-hybridized carbons (Fsp3) is 0.667. The summed E-state index contributed by atoms with van der Waals surface area (Å²) in [5.41, 5.74) is 1.21. The topological polar surface area (TPSA) is 65.0 Å². The number of aliphatic carboxylic acids is 1. The van der Waals surface area contributed by atoms with E-state index >= 15 is 0 Å². The Hall–Kier alpha value is -1.43. The number of benzene rings is 1. The molecule has 2 saturated heterocycles. The molecular weight excluding hydrogens is 332 g/mol. The van der Waals surface area contributed by atoms with Crippen molar-refractivity contribution in [2.45, 2.75) is 57.3 Å². The van der Waals surface area contributed by atoms with Crippen LogP contribution >= 0.6 is 0 Å². The van der Waals surface area contributed by atoms with Crippen molar-refractivity contribution in [2.24, 2.45) is 11.8 Å². The third-order valence-electron chi connectivity index (χ3n) is 5.54. The molecule has 3 rings (SSSR count). The average Bonchev–Trinajstić information content (AvgIpc) is 3.24. The van der Waals surface area contributed by atoms with Crippen LogP contribution < -0.4 is 0 Å². The molecule has 0 amide bonds.